The van der Waals surface area contributed by atoms with Gasteiger partial charge in [0.25, 0.3) is 0 Å². The SMILES string of the molecule is CCC(N)C(c1cnn(C)c1)N1Cc2ccccc2C1. The van der Waals surface area contributed by atoms with Crippen LogP contribution in [0.3, 0.4) is 0 Å². The van der Waals surface area contributed by atoms with E-state index in [-0.39, 0.29) is 12.1 Å². The molecule has 4 nitrogen and oxygen atoms in total. The second-order valence-corrected chi connectivity index (χ2v) is 5.64. The molecule has 0 spiro atoms. The second kappa shape index (κ2) is 5.38. The fourth-order valence-electron chi connectivity index (χ4n) is 3.10. The summed E-state index contributed by atoms with van der Waals surface area (Å²) in [5.74, 6) is 0. The van der Waals surface area contributed by atoms with Crippen molar-refractivity contribution in [2.24, 2.45) is 12.8 Å². The molecule has 0 bridgehead atoms. The molecular formula is C16H22N4. The van der Waals surface area contributed by atoms with Crippen molar-refractivity contribution in [3.8, 4) is 0 Å². The van der Waals surface area contributed by atoms with E-state index in [4.69, 9.17) is 5.73 Å². The quantitative estimate of drug-likeness (QED) is 0.926. The number of nitrogens with zero attached hydrogens (tertiary/aromatic N) is 3. The summed E-state index contributed by atoms with van der Waals surface area (Å²) < 4.78 is 1.86. The first-order chi connectivity index (χ1) is 9.69. The lowest BCUT2D eigenvalue weighted by Crippen LogP contribution is -2.38. The van der Waals surface area contributed by atoms with Crippen molar-refractivity contribution < 1.29 is 0 Å². The summed E-state index contributed by atoms with van der Waals surface area (Å²) in [6.07, 6.45) is 5.00. The van der Waals surface area contributed by atoms with E-state index in [2.05, 4.69) is 47.4 Å². The maximum Gasteiger partial charge on any atom is 0.0538 e. The van der Waals surface area contributed by atoms with Crippen LogP contribution in [0.4, 0.5) is 0 Å². The van der Waals surface area contributed by atoms with Gasteiger partial charge in [-0.25, -0.2) is 0 Å². The molecule has 2 heterocycles. The summed E-state index contributed by atoms with van der Waals surface area (Å²) in [7, 11) is 1.96. The Bertz CT molecular complexity index is 565. The summed E-state index contributed by atoms with van der Waals surface area (Å²) in [6, 6.07) is 9.03. The van der Waals surface area contributed by atoms with Crippen LogP contribution in [0, 0.1) is 0 Å². The molecule has 1 aliphatic rings. The average Bonchev–Trinajstić information content (AvgIpc) is 3.05. The Kier molecular flexibility index (Phi) is 3.59. The number of benzene rings is 1. The topological polar surface area (TPSA) is 47.1 Å². The van der Waals surface area contributed by atoms with Crippen LogP contribution in [-0.2, 0) is 20.1 Å². The molecule has 20 heavy (non-hydrogen) atoms. The van der Waals surface area contributed by atoms with Gasteiger partial charge in [-0.2, -0.15) is 5.10 Å². The minimum Gasteiger partial charge on any atom is -0.326 e. The zero-order valence-corrected chi connectivity index (χ0v) is 12.2. The number of hydrogen-bond acceptors (Lipinski definition) is 3. The summed E-state index contributed by atoms with van der Waals surface area (Å²) in [6.45, 7) is 4.10. The fraction of sp³-hybridized carbons (Fsp3) is 0.438. The largest absolute Gasteiger partial charge is 0.326 e. The Labute approximate surface area is 120 Å². The van der Waals surface area contributed by atoms with E-state index in [1.54, 1.807) is 0 Å². The molecule has 4 heteroatoms. The molecule has 0 saturated carbocycles. The van der Waals surface area contributed by atoms with Gasteiger partial charge in [0.15, 0.2) is 0 Å². The Morgan fingerprint density at radius 3 is 2.40 bits per heavy atom. The second-order valence-electron chi connectivity index (χ2n) is 5.64. The first-order valence-electron chi connectivity index (χ1n) is 7.24. The Balaban J connectivity index is 1.88. The molecule has 106 valence electrons. The molecule has 2 unspecified atom stereocenters. The van der Waals surface area contributed by atoms with Gasteiger partial charge in [-0.3, -0.25) is 9.58 Å². The van der Waals surface area contributed by atoms with Crippen molar-refractivity contribution in [2.75, 3.05) is 0 Å². The van der Waals surface area contributed by atoms with E-state index in [1.165, 1.54) is 16.7 Å². The fourth-order valence-corrected chi connectivity index (χ4v) is 3.10. The number of hydrogen-bond donors (Lipinski definition) is 1. The summed E-state index contributed by atoms with van der Waals surface area (Å²) in [5, 5.41) is 4.31. The third-order valence-electron chi connectivity index (χ3n) is 4.20. The van der Waals surface area contributed by atoms with Crippen LogP contribution in [0.5, 0.6) is 0 Å². The van der Waals surface area contributed by atoms with Gasteiger partial charge in [-0.15, -0.1) is 0 Å². The van der Waals surface area contributed by atoms with Crippen LogP contribution in [0.15, 0.2) is 36.7 Å². The monoisotopic (exact) mass is 270 g/mol. The Morgan fingerprint density at radius 2 is 1.90 bits per heavy atom. The minimum absolute atomic E-state index is 0.133. The number of aromatic nitrogens is 2. The molecule has 2 atom stereocenters. The van der Waals surface area contributed by atoms with E-state index in [0.717, 1.165) is 19.5 Å². The zero-order chi connectivity index (χ0) is 14.1. The van der Waals surface area contributed by atoms with Gasteiger partial charge in [0, 0.05) is 37.9 Å². The molecule has 2 aromatic rings. The highest BCUT2D eigenvalue weighted by molar-refractivity contribution is 5.31. The van der Waals surface area contributed by atoms with Crippen LogP contribution in [0.1, 0.15) is 36.1 Å². The van der Waals surface area contributed by atoms with E-state index in [1.807, 2.05) is 17.9 Å². The van der Waals surface area contributed by atoms with Crippen LogP contribution < -0.4 is 5.73 Å². The molecule has 1 aromatic carbocycles. The van der Waals surface area contributed by atoms with E-state index in [9.17, 15) is 0 Å². The van der Waals surface area contributed by atoms with Crippen LogP contribution in [0.2, 0.25) is 0 Å². The van der Waals surface area contributed by atoms with E-state index >= 15 is 0 Å². The van der Waals surface area contributed by atoms with Gasteiger partial charge in [0.05, 0.1) is 12.2 Å². The number of fused-ring (bicyclic) bond motifs is 1. The standard InChI is InChI=1S/C16H22N4/c1-3-15(17)16(14-8-18-19(2)9-14)20-10-12-6-4-5-7-13(12)11-20/h4-9,15-16H,3,10-11,17H2,1-2H3. The van der Waals surface area contributed by atoms with Gasteiger partial charge in [0.2, 0.25) is 0 Å². The maximum atomic E-state index is 6.39. The molecule has 2 N–H and O–H groups in total. The van der Waals surface area contributed by atoms with Crippen molar-refractivity contribution in [1.82, 2.24) is 14.7 Å². The van der Waals surface area contributed by atoms with Crippen LogP contribution >= 0.6 is 0 Å². The lowest BCUT2D eigenvalue weighted by Gasteiger charge is -2.31. The molecule has 0 amide bonds. The third kappa shape index (κ3) is 2.37. The molecule has 0 aliphatic carbocycles. The van der Waals surface area contributed by atoms with Gasteiger partial charge >= 0.3 is 0 Å². The zero-order valence-electron chi connectivity index (χ0n) is 12.2. The van der Waals surface area contributed by atoms with Gasteiger partial charge < -0.3 is 5.73 Å². The first-order valence-corrected chi connectivity index (χ1v) is 7.24. The number of rotatable bonds is 4. The summed E-state index contributed by atoms with van der Waals surface area (Å²) >= 11 is 0. The third-order valence-corrected chi connectivity index (χ3v) is 4.20. The predicted molar refractivity (Wildman–Crippen MR) is 79.9 cm³/mol. The highest BCUT2D eigenvalue weighted by Crippen LogP contribution is 2.33. The normalized spacial score (nSPS) is 17.9. The molecule has 0 fully saturated rings. The van der Waals surface area contributed by atoms with Gasteiger partial charge in [-0.1, -0.05) is 31.2 Å². The van der Waals surface area contributed by atoms with Crippen molar-refractivity contribution in [2.45, 2.75) is 38.5 Å². The lowest BCUT2D eigenvalue weighted by molar-refractivity contribution is 0.170. The average molecular weight is 270 g/mol. The van der Waals surface area contributed by atoms with Crippen molar-refractivity contribution in [3.05, 3.63) is 53.3 Å². The van der Waals surface area contributed by atoms with Crippen molar-refractivity contribution in [1.29, 1.82) is 0 Å². The Morgan fingerprint density at radius 1 is 1.25 bits per heavy atom. The highest BCUT2D eigenvalue weighted by atomic mass is 15.3. The van der Waals surface area contributed by atoms with Crippen molar-refractivity contribution in [3.63, 3.8) is 0 Å². The number of nitrogens with two attached hydrogens (primary N) is 1. The minimum atomic E-state index is 0.133. The van der Waals surface area contributed by atoms with Crippen molar-refractivity contribution >= 4 is 0 Å². The first kappa shape index (κ1) is 13.3. The highest BCUT2D eigenvalue weighted by Gasteiger charge is 2.31. The molecule has 3 rings (SSSR count). The Hall–Kier alpha value is -1.65. The molecule has 0 saturated heterocycles. The smallest absolute Gasteiger partial charge is 0.0538 e. The maximum absolute atomic E-state index is 6.39. The van der Waals surface area contributed by atoms with Crippen LogP contribution in [0.25, 0.3) is 0 Å². The molecule has 0 radical (unpaired) electrons. The van der Waals surface area contributed by atoms with Gasteiger partial charge in [0.1, 0.15) is 0 Å². The van der Waals surface area contributed by atoms with Gasteiger partial charge in [-0.05, 0) is 17.5 Å². The summed E-state index contributed by atoms with van der Waals surface area (Å²) in [5.41, 5.74) is 10.5. The van der Waals surface area contributed by atoms with E-state index in [0.29, 0.717) is 0 Å². The summed E-state index contributed by atoms with van der Waals surface area (Å²) in [4.78, 5) is 2.47. The lowest BCUT2D eigenvalue weighted by atomic mass is 9.99. The number of aryl methyl sites for hydroxylation is 1. The molecule has 1 aliphatic heterocycles. The predicted octanol–water partition coefficient (Wildman–Crippen LogP) is 2.21. The van der Waals surface area contributed by atoms with Crippen LogP contribution in [-0.4, -0.2) is 20.7 Å². The van der Waals surface area contributed by atoms with E-state index < -0.39 is 0 Å². The molecule has 1 aromatic heterocycles. The molecular weight excluding hydrogens is 248 g/mol.